The zero-order valence-corrected chi connectivity index (χ0v) is 11.2. The first kappa shape index (κ1) is 12.9. The van der Waals surface area contributed by atoms with Crippen LogP contribution in [0.2, 0.25) is 0 Å². The van der Waals surface area contributed by atoms with E-state index < -0.39 is 0 Å². The van der Waals surface area contributed by atoms with Gasteiger partial charge >= 0.3 is 0 Å². The quantitative estimate of drug-likeness (QED) is 0.700. The molecule has 17 heavy (non-hydrogen) atoms. The van der Waals surface area contributed by atoms with Gasteiger partial charge in [-0.3, -0.25) is 5.32 Å². The fourth-order valence-electron chi connectivity index (χ4n) is 2.26. The number of hydrogen-bond acceptors (Lipinski definition) is 3. The van der Waals surface area contributed by atoms with Gasteiger partial charge < -0.3 is 4.90 Å². The summed E-state index contributed by atoms with van der Waals surface area (Å²) < 4.78 is 0. The molecule has 0 amide bonds. The van der Waals surface area contributed by atoms with E-state index >= 15 is 0 Å². The Labute approximate surface area is 105 Å². The van der Waals surface area contributed by atoms with E-state index in [-0.39, 0.29) is 5.54 Å². The van der Waals surface area contributed by atoms with Gasteiger partial charge in [0.25, 0.3) is 0 Å². The van der Waals surface area contributed by atoms with Gasteiger partial charge in [-0.05, 0) is 51.5 Å². The van der Waals surface area contributed by atoms with Crippen LogP contribution in [0.5, 0.6) is 0 Å². The minimum absolute atomic E-state index is 0.321. The van der Waals surface area contributed by atoms with Gasteiger partial charge in [0.05, 0.1) is 6.07 Å². The first-order chi connectivity index (χ1) is 8.15. The molecule has 2 rings (SSSR count). The Hall–Kier alpha value is -0.590. The molecule has 0 heterocycles. The molecule has 2 saturated carbocycles. The second-order valence-corrected chi connectivity index (χ2v) is 5.95. The van der Waals surface area contributed by atoms with E-state index in [9.17, 15) is 5.26 Å². The monoisotopic (exact) mass is 235 g/mol. The first-order valence-electron chi connectivity index (χ1n) is 7.06. The number of hydrogen-bond donors (Lipinski definition) is 1. The van der Waals surface area contributed by atoms with Crippen molar-refractivity contribution in [1.29, 1.82) is 5.26 Å². The van der Waals surface area contributed by atoms with E-state index in [2.05, 4.69) is 30.1 Å². The van der Waals surface area contributed by atoms with Gasteiger partial charge in [0, 0.05) is 19.1 Å². The molecule has 0 spiro atoms. The normalized spacial score (nSPS) is 23.4. The van der Waals surface area contributed by atoms with E-state index in [0.29, 0.717) is 6.04 Å². The molecule has 0 aromatic carbocycles. The molecule has 3 nitrogen and oxygen atoms in total. The lowest BCUT2D eigenvalue weighted by molar-refractivity contribution is 0.246. The molecule has 1 unspecified atom stereocenters. The topological polar surface area (TPSA) is 39.1 Å². The van der Waals surface area contributed by atoms with E-state index in [1.165, 1.54) is 32.2 Å². The summed E-state index contributed by atoms with van der Waals surface area (Å²) in [6.07, 6.45) is 6.26. The maximum atomic E-state index is 9.31. The van der Waals surface area contributed by atoms with Crippen molar-refractivity contribution in [1.82, 2.24) is 10.2 Å². The maximum Gasteiger partial charge on any atom is 0.105 e. The Morgan fingerprint density at radius 1 is 1.35 bits per heavy atom. The minimum atomic E-state index is -0.321. The molecule has 1 atom stereocenters. The molecule has 2 aliphatic rings. The molecule has 0 saturated heterocycles. The van der Waals surface area contributed by atoms with Crippen LogP contribution in [0.15, 0.2) is 0 Å². The van der Waals surface area contributed by atoms with Gasteiger partial charge in [0.15, 0.2) is 0 Å². The van der Waals surface area contributed by atoms with Crippen molar-refractivity contribution < 1.29 is 0 Å². The molecule has 2 aliphatic carbocycles. The van der Waals surface area contributed by atoms with Crippen LogP contribution in [-0.2, 0) is 0 Å². The smallest absolute Gasteiger partial charge is 0.105 e. The Bertz CT molecular complexity index is 288. The molecule has 0 aliphatic heterocycles. The first-order valence-corrected chi connectivity index (χ1v) is 7.06. The summed E-state index contributed by atoms with van der Waals surface area (Å²) in [5.41, 5.74) is -0.321. The van der Waals surface area contributed by atoms with Crippen LogP contribution in [0.4, 0.5) is 0 Å². The third-order valence-corrected chi connectivity index (χ3v) is 3.94. The fraction of sp³-hybridized carbons (Fsp3) is 0.929. The van der Waals surface area contributed by atoms with Crippen LogP contribution in [-0.4, -0.2) is 36.1 Å². The summed E-state index contributed by atoms with van der Waals surface area (Å²) in [4.78, 5) is 2.50. The van der Waals surface area contributed by atoms with Gasteiger partial charge in [-0.15, -0.1) is 0 Å². The number of nitrogens with zero attached hydrogens (tertiary/aromatic N) is 2. The summed E-state index contributed by atoms with van der Waals surface area (Å²) in [5, 5.41) is 12.8. The molecule has 2 fully saturated rings. The van der Waals surface area contributed by atoms with Crippen molar-refractivity contribution in [3.63, 3.8) is 0 Å². The standard InChI is InChI=1S/C14H25N3/c1-3-17(10-12-4-5-12)9-8-14(2,11-15)16-13-6-7-13/h12-13,16H,3-10H2,1-2H3. The van der Waals surface area contributed by atoms with Crippen molar-refractivity contribution in [2.45, 2.75) is 57.5 Å². The highest BCUT2D eigenvalue weighted by atomic mass is 15.1. The zero-order chi connectivity index (χ0) is 12.3. The predicted octanol–water partition coefficient (Wildman–Crippen LogP) is 2.14. The summed E-state index contributed by atoms with van der Waals surface area (Å²) in [6.45, 7) is 7.68. The molecule has 0 aromatic heterocycles. The lowest BCUT2D eigenvalue weighted by atomic mass is 9.99. The lowest BCUT2D eigenvalue weighted by Gasteiger charge is -2.27. The van der Waals surface area contributed by atoms with Gasteiger partial charge in [-0.2, -0.15) is 5.26 Å². The number of rotatable bonds is 8. The number of nitriles is 1. The fourth-order valence-corrected chi connectivity index (χ4v) is 2.26. The largest absolute Gasteiger partial charge is 0.303 e. The number of nitrogens with one attached hydrogen (secondary N) is 1. The van der Waals surface area contributed by atoms with Crippen molar-refractivity contribution >= 4 is 0 Å². The highest BCUT2D eigenvalue weighted by molar-refractivity contribution is 5.07. The Morgan fingerprint density at radius 2 is 2.06 bits per heavy atom. The lowest BCUT2D eigenvalue weighted by Crippen LogP contribution is -2.45. The van der Waals surface area contributed by atoms with Crippen LogP contribution in [0.1, 0.15) is 46.0 Å². The third kappa shape index (κ3) is 4.29. The Balaban J connectivity index is 1.74. The summed E-state index contributed by atoms with van der Waals surface area (Å²) in [6, 6.07) is 3.07. The van der Waals surface area contributed by atoms with Crippen LogP contribution >= 0.6 is 0 Å². The van der Waals surface area contributed by atoms with E-state index in [4.69, 9.17) is 0 Å². The van der Waals surface area contributed by atoms with Crippen LogP contribution < -0.4 is 5.32 Å². The SMILES string of the molecule is CCN(CCC(C)(C#N)NC1CC1)CC1CC1. The molecule has 0 radical (unpaired) electrons. The Morgan fingerprint density at radius 3 is 2.53 bits per heavy atom. The molecular formula is C14H25N3. The molecule has 96 valence electrons. The molecule has 0 aromatic rings. The third-order valence-electron chi connectivity index (χ3n) is 3.94. The highest BCUT2D eigenvalue weighted by Crippen LogP contribution is 2.30. The molecule has 1 N–H and O–H groups in total. The second-order valence-electron chi connectivity index (χ2n) is 5.95. The van der Waals surface area contributed by atoms with E-state index in [1.54, 1.807) is 0 Å². The van der Waals surface area contributed by atoms with Crippen molar-refractivity contribution in [3.05, 3.63) is 0 Å². The van der Waals surface area contributed by atoms with Crippen LogP contribution in [0.3, 0.4) is 0 Å². The average molecular weight is 235 g/mol. The predicted molar refractivity (Wildman–Crippen MR) is 69.6 cm³/mol. The Kier molecular flexibility index (Phi) is 4.06. The minimum Gasteiger partial charge on any atom is -0.303 e. The second kappa shape index (κ2) is 5.37. The van der Waals surface area contributed by atoms with Gasteiger partial charge in [0.1, 0.15) is 5.54 Å². The van der Waals surface area contributed by atoms with Gasteiger partial charge in [-0.1, -0.05) is 6.92 Å². The van der Waals surface area contributed by atoms with Crippen molar-refractivity contribution in [3.8, 4) is 6.07 Å². The summed E-state index contributed by atoms with van der Waals surface area (Å²) >= 11 is 0. The van der Waals surface area contributed by atoms with E-state index in [0.717, 1.165) is 25.4 Å². The van der Waals surface area contributed by atoms with Crippen LogP contribution in [0.25, 0.3) is 0 Å². The molecule has 3 heteroatoms. The highest BCUT2D eigenvalue weighted by Gasteiger charge is 2.33. The summed E-state index contributed by atoms with van der Waals surface area (Å²) in [7, 11) is 0. The van der Waals surface area contributed by atoms with Crippen molar-refractivity contribution in [2.75, 3.05) is 19.6 Å². The zero-order valence-electron chi connectivity index (χ0n) is 11.2. The molecular weight excluding hydrogens is 210 g/mol. The summed E-state index contributed by atoms with van der Waals surface area (Å²) in [5.74, 6) is 0.944. The van der Waals surface area contributed by atoms with Gasteiger partial charge in [0.2, 0.25) is 0 Å². The average Bonchev–Trinajstić information content (AvgIpc) is 3.19. The maximum absolute atomic E-state index is 9.31. The van der Waals surface area contributed by atoms with Crippen molar-refractivity contribution in [2.24, 2.45) is 5.92 Å². The van der Waals surface area contributed by atoms with Crippen LogP contribution in [0, 0.1) is 17.2 Å². The van der Waals surface area contributed by atoms with Gasteiger partial charge in [-0.25, -0.2) is 0 Å². The van der Waals surface area contributed by atoms with E-state index in [1.807, 2.05) is 0 Å². The molecule has 0 bridgehead atoms.